The van der Waals surface area contributed by atoms with E-state index in [9.17, 15) is 34.7 Å². The maximum absolute atomic E-state index is 12.4. The predicted octanol–water partition coefficient (Wildman–Crippen LogP) is 1.19. The van der Waals surface area contributed by atoms with Crippen molar-refractivity contribution in [3.8, 4) is 0 Å². The van der Waals surface area contributed by atoms with E-state index in [0.29, 0.717) is 24.8 Å². The average Bonchev–Trinajstić information content (AvgIpc) is 2.86. The number of carboxylic acids is 1. The first-order valence-corrected chi connectivity index (χ1v) is 8.43. The predicted molar refractivity (Wildman–Crippen MR) is 91.4 cm³/mol. The Morgan fingerprint density at radius 2 is 1.81 bits per heavy atom. The zero-order valence-electron chi connectivity index (χ0n) is 14.7. The summed E-state index contributed by atoms with van der Waals surface area (Å²) in [4.78, 5) is 46.4. The maximum Gasteiger partial charge on any atom is 0.290 e. The summed E-state index contributed by atoms with van der Waals surface area (Å²) in [7, 11) is 0. The normalized spacial score (nSPS) is 16.7. The van der Waals surface area contributed by atoms with E-state index in [0.717, 1.165) is 0 Å². The lowest BCUT2D eigenvalue weighted by Gasteiger charge is -2.26. The summed E-state index contributed by atoms with van der Waals surface area (Å²) in [6.45, 7) is 1.44. The first kappa shape index (κ1) is 20.1. The molecule has 1 aliphatic rings. The summed E-state index contributed by atoms with van der Waals surface area (Å²) < 4.78 is 0. The van der Waals surface area contributed by atoms with Crippen LogP contribution in [0.3, 0.4) is 0 Å². The Morgan fingerprint density at radius 3 is 2.33 bits per heavy atom. The number of ketones is 1. The van der Waals surface area contributed by atoms with Gasteiger partial charge in [0.1, 0.15) is 0 Å². The van der Waals surface area contributed by atoms with Gasteiger partial charge in [-0.2, -0.15) is 0 Å². The molecule has 1 heterocycles. The van der Waals surface area contributed by atoms with Crippen molar-refractivity contribution in [2.75, 3.05) is 6.54 Å². The monoisotopic (exact) mass is 375 g/mol. The van der Waals surface area contributed by atoms with Crippen molar-refractivity contribution in [1.82, 2.24) is 4.90 Å². The number of benzene rings is 1. The van der Waals surface area contributed by atoms with Crippen LogP contribution in [-0.2, 0) is 14.4 Å². The van der Waals surface area contributed by atoms with Crippen LogP contribution in [0.5, 0.6) is 0 Å². The largest absolute Gasteiger partial charge is 0.550 e. The molecule has 9 nitrogen and oxygen atoms in total. The molecule has 0 radical (unpaired) electrons. The number of nitro groups is 1. The number of carbonyl (C=O) groups is 3. The van der Waals surface area contributed by atoms with Crippen LogP contribution < -0.4 is 5.11 Å². The van der Waals surface area contributed by atoms with Crippen LogP contribution in [0.15, 0.2) is 35.6 Å². The van der Waals surface area contributed by atoms with Gasteiger partial charge in [0.2, 0.25) is 0 Å². The summed E-state index contributed by atoms with van der Waals surface area (Å²) in [6, 6.07) is 4.59. The van der Waals surface area contributed by atoms with Gasteiger partial charge in [0.25, 0.3) is 11.6 Å². The zero-order valence-corrected chi connectivity index (χ0v) is 14.7. The first-order chi connectivity index (χ1) is 12.7. The van der Waals surface area contributed by atoms with E-state index >= 15 is 0 Å². The molecule has 0 saturated carbocycles. The molecule has 1 aromatic rings. The number of amides is 1. The number of aliphatic hydroxyl groups is 1. The number of carboxylic acid groups (broad SMARTS) is 1. The third-order valence-electron chi connectivity index (χ3n) is 4.38. The number of unbranched alkanes of at least 4 members (excludes halogenated alkanes) is 2. The van der Waals surface area contributed by atoms with Crippen LogP contribution in [-0.4, -0.2) is 39.1 Å². The van der Waals surface area contributed by atoms with Crippen LogP contribution in [0, 0.1) is 10.1 Å². The number of non-ortho nitro benzene ring substituents is 1. The molecular weight excluding hydrogens is 356 g/mol. The number of aliphatic carboxylic acids is 1. The van der Waals surface area contributed by atoms with Crippen molar-refractivity contribution in [2.24, 2.45) is 0 Å². The summed E-state index contributed by atoms with van der Waals surface area (Å²) >= 11 is 0. The van der Waals surface area contributed by atoms with Gasteiger partial charge in [0.05, 0.1) is 16.5 Å². The molecule has 1 atom stereocenters. The van der Waals surface area contributed by atoms with Gasteiger partial charge in [0, 0.05) is 24.6 Å². The van der Waals surface area contributed by atoms with Crippen LogP contribution in [0.25, 0.3) is 0 Å². The number of hydrogen-bond donors (Lipinski definition) is 1. The molecule has 0 unspecified atom stereocenters. The molecule has 1 amide bonds. The summed E-state index contributed by atoms with van der Waals surface area (Å²) in [5, 5.41) is 31.4. The van der Waals surface area contributed by atoms with E-state index in [4.69, 9.17) is 0 Å². The highest BCUT2D eigenvalue weighted by atomic mass is 16.6. The van der Waals surface area contributed by atoms with Gasteiger partial charge in [-0.25, -0.2) is 0 Å². The van der Waals surface area contributed by atoms with Gasteiger partial charge in [0.15, 0.2) is 11.5 Å². The van der Waals surface area contributed by atoms with Crippen LogP contribution in [0.1, 0.15) is 44.2 Å². The summed E-state index contributed by atoms with van der Waals surface area (Å²) in [6.07, 6.45) is 1.31. The Labute approximate surface area is 155 Å². The third kappa shape index (κ3) is 4.49. The highest BCUT2D eigenvalue weighted by molar-refractivity contribution is 6.08. The van der Waals surface area contributed by atoms with Crippen molar-refractivity contribution < 1.29 is 29.5 Å². The summed E-state index contributed by atoms with van der Waals surface area (Å²) in [5.41, 5.74) is 0.288. The standard InChI is InChI=1S/C18H20N2O7/c1-11(21)15-16(12-6-8-13(9-7-12)20(26)27)19(18(25)17(15)24)10-4-2-3-5-14(22)23/h6-9,16,24H,2-5,10H2,1H3,(H,22,23)/p-1/t16-/m1/s1. The topological polar surface area (TPSA) is 141 Å². The third-order valence-corrected chi connectivity index (χ3v) is 4.38. The number of carbonyl (C=O) groups excluding carboxylic acids is 3. The fourth-order valence-electron chi connectivity index (χ4n) is 3.10. The lowest BCUT2D eigenvalue weighted by molar-refractivity contribution is -0.384. The number of nitrogens with zero attached hydrogens (tertiary/aromatic N) is 2. The molecule has 0 aromatic heterocycles. The second-order valence-electron chi connectivity index (χ2n) is 6.25. The highest BCUT2D eigenvalue weighted by Gasteiger charge is 2.42. The lowest BCUT2D eigenvalue weighted by Crippen LogP contribution is -2.32. The second-order valence-corrected chi connectivity index (χ2v) is 6.25. The quantitative estimate of drug-likeness (QED) is 0.388. The van der Waals surface area contributed by atoms with E-state index in [-0.39, 0.29) is 24.2 Å². The Hall–Kier alpha value is -3.23. The summed E-state index contributed by atoms with van der Waals surface area (Å²) in [5.74, 6) is -2.93. The minimum absolute atomic E-state index is 0.0522. The smallest absolute Gasteiger partial charge is 0.290 e. The molecule has 0 aliphatic carbocycles. The maximum atomic E-state index is 12.4. The van der Waals surface area contributed by atoms with Crippen molar-refractivity contribution in [3.05, 3.63) is 51.3 Å². The van der Waals surface area contributed by atoms with Crippen molar-refractivity contribution >= 4 is 23.3 Å². The molecule has 1 aliphatic heterocycles. The molecule has 1 aromatic carbocycles. The molecule has 1 N–H and O–H groups in total. The van der Waals surface area contributed by atoms with E-state index in [1.165, 1.54) is 36.1 Å². The minimum Gasteiger partial charge on any atom is -0.550 e. The second kappa shape index (κ2) is 8.43. The number of Topliss-reactive ketones (excluding diaryl/α,β-unsaturated/α-hetero) is 1. The van der Waals surface area contributed by atoms with Crippen LogP contribution in [0.4, 0.5) is 5.69 Å². The fraction of sp³-hybridized carbons (Fsp3) is 0.389. The molecule has 144 valence electrons. The Kier molecular flexibility index (Phi) is 6.27. The first-order valence-electron chi connectivity index (χ1n) is 8.43. The molecule has 0 spiro atoms. The molecule has 27 heavy (non-hydrogen) atoms. The highest BCUT2D eigenvalue weighted by Crippen LogP contribution is 2.38. The molecule has 0 bridgehead atoms. The van der Waals surface area contributed by atoms with E-state index in [1.54, 1.807) is 0 Å². The molecule has 2 rings (SSSR count). The average molecular weight is 375 g/mol. The van der Waals surface area contributed by atoms with Gasteiger partial charge in [-0.15, -0.1) is 0 Å². The van der Waals surface area contributed by atoms with E-state index in [1.807, 2.05) is 0 Å². The van der Waals surface area contributed by atoms with Crippen molar-refractivity contribution in [2.45, 2.75) is 38.6 Å². The van der Waals surface area contributed by atoms with Gasteiger partial charge in [-0.1, -0.05) is 6.42 Å². The zero-order chi connectivity index (χ0) is 20.1. The SMILES string of the molecule is CC(=O)C1=C(O)C(=O)N(CCCCCC(=O)[O-])[C@@H]1c1ccc([N+](=O)[O-])cc1. The fourth-order valence-corrected chi connectivity index (χ4v) is 3.10. The number of rotatable bonds is 9. The van der Waals surface area contributed by atoms with Gasteiger partial charge >= 0.3 is 0 Å². The van der Waals surface area contributed by atoms with Crippen molar-refractivity contribution in [3.63, 3.8) is 0 Å². The number of hydrogen-bond acceptors (Lipinski definition) is 7. The van der Waals surface area contributed by atoms with Crippen LogP contribution in [0.2, 0.25) is 0 Å². The van der Waals surface area contributed by atoms with Crippen LogP contribution >= 0.6 is 0 Å². The van der Waals surface area contributed by atoms with Gasteiger partial charge in [-0.3, -0.25) is 19.7 Å². The Balaban J connectivity index is 2.23. The lowest BCUT2D eigenvalue weighted by atomic mass is 9.96. The van der Waals surface area contributed by atoms with Crippen molar-refractivity contribution in [1.29, 1.82) is 0 Å². The van der Waals surface area contributed by atoms with Gasteiger partial charge in [-0.05, 0) is 43.9 Å². The Morgan fingerprint density at radius 1 is 1.19 bits per heavy atom. The van der Waals surface area contributed by atoms with E-state index < -0.39 is 34.4 Å². The molecular formula is C18H19N2O7-. The van der Waals surface area contributed by atoms with E-state index in [2.05, 4.69) is 0 Å². The molecule has 0 fully saturated rings. The Bertz CT molecular complexity index is 798. The molecule has 0 saturated heterocycles. The van der Waals surface area contributed by atoms with Gasteiger partial charge < -0.3 is 19.9 Å². The minimum atomic E-state index is -1.14. The molecule has 9 heteroatoms. The number of nitro benzene ring substituents is 1. The number of aliphatic hydroxyl groups excluding tert-OH is 1.